The number of nitrogens with zero attached hydrogens (tertiary/aromatic N) is 3. The Morgan fingerprint density at radius 1 is 1.14 bits per heavy atom. The van der Waals surface area contributed by atoms with Crippen molar-refractivity contribution in [3.05, 3.63) is 52.9 Å². The summed E-state index contributed by atoms with van der Waals surface area (Å²) in [7, 11) is 0. The monoisotopic (exact) mass is 329 g/mol. The van der Waals surface area contributed by atoms with Gasteiger partial charge in [-0.2, -0.15) is 0 Å². The molecular formula is C17H19N3S2. The molecule has 3 aromatic rings. The van der Waals surface area contributed by atoms with Gasteiger partial charge in [0.05, 0.1) is 4.88 Å². The van der Waals surface area contributed by atoms with Crippen LogP contribution in [0.3, 0.4) is 0 Å². The second-order valence-electron chi connectivity index (χ2n) is 5.46. The van der Waals surface area contributed by atoms with Crippen LogP contribution in [-0.4, -0.2) is 14.8 Å². The van der Waals surface area contributed by atoms with Crippen molar-refractivity contribution < 1.29 is 0 Å². The Morgan fingerprint density at radius 2 is 1.95 bits per heavy atom. The Labute approximate surface area is 139 Å². The van der Waals surface area contributed by atoms with Crippen molar-refractivity contribution in [1.29, 1.82) is 0 Å². The highest BCUT2D eigenvalue weighted by atomic mass is 32.2. The molecule has 22 heavy (non-hydrogen) atoms. The number of hydrogen-bond donors (Lipinski definition) is 0. The first-order valence-corrected chi connectivity index (χ1v) is 9.19. The molecule has 0 spiro atoms. The Balaban J connectivity index is 1.87. The van der Waals surface area contributed by atoms with Gasteiger partial charge < -0.3 is 0 Å². The summed E-state index contributed by atoms with van der Waals surface area (Å²) in [6.45, 7) is 6.51. The predicted molar refractivity (Wildman–Crippen MR) is 94.5 cm³/mol. The lowest BCUT2D eigenvalue weighted by Gasteiger charge is -2.13. The van der Waals surface area contributed by atoms with E-state index in [1.165, 1.54) is 16.0 Å². The molecule has 0 amide bonds. The van der Waals surface area contributed by atoms with Gasteiger partial charge in [0, 0.05) is 11.8 Å². The predicted octanol–water partition coefficient (Wildman–Crippen LogP) is 5.19. The Morgan fingerprint density at radius 3 is 2.64 bits per heavy atom. The highest BCUT2D eigenvalue weighted by Crippen LogP contribution is 2.31. The Bertz CT molecular complexity index is 745. The van der Waals surface area contributed by atoms with Gasteiger partial charge in [-0.05, 0) is 43.3 Å². The van der Waals surface area contributed by atoms with E-state index in [0.717, 1.165) is 16.7 Å². The molecule has 1 aromatic carbocycles. The number of thioether (sulfide) groups is 1. The molecule has 0 saturated heterocycles. The smallest absolute Gasteiger partial charge is 0.192 e. The van der Waals surface area contributed by atoms with Crippen molar-refractivity contribution in [1.82, 2.24) is 14.8 Å². The minimum Gasteiger partial charge on any atom is -0.299 e. The molecule has 0 aliphatic carbocycles. The molecule has 2 aromatic heterocycles. The van der Waals surface area contributed by atoms with Gasteiger partial charge >= 0.3 is 0 Å². The molecule has 0 saturated carbocycles. The van der Waals surface area contributed by atoms with Crippen LogP contribution in [0, 0.1) is 6.92 Å². The minimum absolute atomic E-state index is 0.339. The summed E-state index contributed by atoms with van der Waals surface area (Å²) in [4.78, 5) is 1.17. The van der Waals surface area contributed by atoms with Crippen molar-refractivity contribution in [3.8, 4) is 10.7 Å². The SMILES string of the molecule is Cc1ccccc1CSc1nnc(-c2cccs2)n1C(C)C. The number of aryl methyl sites for hydroxylation is 1. The summed E-state index contributed by atoms with van der Waals surface area (Å²) in [6.07, 6.45) is 0. The molecule has 0 atom stereocenters. The van der Waals surface area contributed by atoms with Gasteiger partial charge in [-0.25, -0.2) is 0 Å². The van der Waals surface area contributed by atoms with Crippen LogP contribution in [-0.2, 0) is 5.75 Å². The zero-order chi connectivity index (χ0) is 15.5. The molecule has 0 aliphatic rings. The van der Waals surface area contributed by atoms with Crippen LogP contribution in [0.2, 0.25) is 0 Å². The van der Waals surface area contributed by atoms with Gasteiger partial charge in [-0.15, -0.1) is 21.5 Å². The molecule has 0 aliphatic heterocycles. The quantitative estimate of drug-likeness (QED) is 0.604. The number of hydrogen-bond acceptors (Lipinski definition) is 4. The second-order valence-corrected chi connectivity index (χ2v) is 7.35. The van der Waals surface area contributed by atoms with Crippen molar-refractivity contribution in [3.63, 3.8) is 0 Å². The van der Waals surface area contributed by atoms with E-state index in [1.54, 1.807) is 23.1 Å². The molecule has 114 valence electrons. The molecule has 0 unspecified atom stereocenters. The van der Waals surface area contributed by atoms with E-state index in [2.05, 4.69) is 77.3 Å². The first kappa shape index (κ1) is 15.3. The Hall–Kier alpha value is -1.59. The zero-order valence-electron chi connectivity index (χ0n) is 13.0. The minimum atomic E-state index is 0.339. The molecule has 0 radical (unpaired) electrons. The largest absolute Gasteiger partial charge is 0.299 e. The number of aromatic nitrogens is 3. The van der Waals surface area contributed by atoms with Gasteiger partial charge in [-0.1, -0.05) is 42.1 Å². The summed E-state index contributed by atoms with van der Waals surface area (Å²) < 4.78 is 2.23. The summed E-state index contributed by atoms with van der Waals surface area (Å²) >= 11 is 3.46. The summed E-state index contributed by atoms with van der Waals surface area (Å²) in [5, 5.41) is 11.9. The summed E-state index contributed by atoms with van der Waals surface area (Å²) in [5.41, 5.74) is 2.67. The summed E-state index contributed by atoms with van der Waals surface area (Å²) in [6, 6.07) is 13.0. The van der Waals surface area contributed by atoms with Gasteiger partial charge in [-0.3, -0.25) is 4.57 Å². The third-order valence-corrected chi connectivity index (χ3v) is 5.40. The average Bonchev–Trinajstić information content (AvgIpc) is 3.15. The van der Waals surface area contributed by atoms with E-state index < -0.39 is 0 Å². The fourth-order valence-corrected chi connectivity index (χ4v) is 4.18. The van der Waals surface area contributed by atoms with Crippen molar-refractivity contribution in [2.24, 2.45) is 0 Å². The fraction of sp³-hybridized carbons (Fsp3) is 0.294. The molecule has 2 heterocycles. The maximum Gasteiger partial charge on any atom is 0.192 e. The number of benzene rings is 1. The van der Waals surface area contributed by atoms with E-state index in [4.69, 9.17) is 0 Å². The van der Waals surface area contributed by atoms with Gasteiger partial charge in [0.1, 0.15) is 0 Å². The molecule has 0 fully saturated rings. The van der Waals surface area contributed by atoms with E-state index in [1.807, 2.05) is 0 Å². The second kappa shape index (κ2) is 6.67. The molecule has 5 heteroatoms. The first-order valence-electron chi connectivity index (χ1n) is 7.33. The van der Waals surface area contributed by atoms with E-state index in [0.29, 0.717) is 6.04 Å². The lowest BCUT2D eigenvalue weighted by molar-refractivity contribution is 0.555. The zero-order valence-corrected chi connectivity index (χ0v) is 14.6. The lowest BCUT2D eigenvalue weighted by atomic mass is 10.1. The number of rotatable bonds is 5. The van der Waals surface area contributed by atoms with Crippen LogP contribution in [0.15, 0.2) is 46.9 Å². The van der Waals surface area contributed by atoms with Crippen LogP contribution in [0.4, 0.5) is 0 Å². The van der Waals surface area contributed by atoms with Crippen LogP contribution in [0.25, 0.3) is 10.7 Å². The van der Waals surface area contributed by atoms with E-state index in [9.17, 15) is 0 Å². The summed E-state index contributed by atoms with van der Waals surface area (Å²) in [5.74, 6) is 1.89. The maximum atomic E-state index is 4.42. The van der Waals surface area contributed by atoms with Gasteiger partial charge in [0.15, 0.2) is 11.0 Å². The van der Waals surface area contributed by atoms with Crippen molar-refractivity contribution >= 4 is 23.1 Å². The molecule has 3 rings (SSSR count). The first-order chi connectivity index (χ1) is 10.7. The topological polar surface area (TPSA) is 30.7 Å². The third kappa shape index (κ3) is 3.10. The van der Waals surface area contributed by atoms with Crippen LogP contribution in [0.1, 0.15) is 31.0 Å². The van der Waals surface area contributed by atoms with Crippen LogP contribution in [0.5, 0.6) is 0 Å². The third-order valence-electron chi connectivity index (χ3n) is 3.54. The standard InChI is InChI=1S/C17H19N3S2/c1-12(2)20-16(15-9-6-10-21-15)18-19-17(20)22-11-14-8-5-4-7-13(14)3/h4-10,12H,11H2,1-3H3. The van der Waals surface area contributed by atoms with Crippen molar-refractivity contribution in [2.45, 2.75) is 37.7 Å². The van der Waals surface area contributed by atoms with E-state index >= 15 is 0 Å². The molecule has 0 N–H and O–H groups in total. The van der Waals surface area contributed by atoms with Crippen LogP contribution >= 0.6 is 23.1 Å². The normalized spacial score (nSPS) is 11.3. The van der Waals surface area contributed by atoms with Crippen molar-refractivity contribution in [2.75, 3.05) is 0 Å². The highest BCUT2D eigenvalue weighted by Gasteiger charge is 2.17. The molecule has 3 nitrogen and oxygen atoms in total. The highest BCUT2D eigenvalue weighted by molar-refractivity contribution is 7.98. The van der Waals surface area contributed by atoms with Gasteiger partial charge in [0.25, 0.3) is 0 Å². The lowest BCUT2D eigenvalue weighted by Crippen LogP contribution is -2.04. The maximum absolute atomic E-state index is 4.42. The van der Waals surface area contributed by atoms with Gasteiger partial charge in [0.2, 0.25) is 0 Å². The Kier molecular flexibility index (Phi) is 4.64. The molecular weight excluding hydrogens is 310 g/mol. The van der Waals surface area contributed by atoms with Crippen LogP contribution < -0.4 is 0 Å². The average molecular weight is 329 g/mol. The number of thiophene rings is 1. The van der Waals surface area contributed by atoms with E-state index in [-0.39, 0.29) is 0 Å². The molecule has 0 bridgehead atoms. The fourth-order valence-electron chi connectivity index (χ4n) is 2.33.